The van der Waals surface area contributed by atoms with Crippen LogP contribution in [0.2, 0.25) is 0 Å². The number of ether oxygens (including phenoxy) is 2. The molecule has 0 heterocycles. The summed E-state index contributed by atoms with van der Waals surface area (Å²) in [5.41, 5.74) is 1.16. The van der Waals surface area contributed by atoms with E-state index in [2.05, 4.69) is 6.92 Å². The van der Waals surface area contributed by atoms with Gasteiger partial charge in [0.15, 0.2) is 0 Å². The first-order valence-electron chi connectivity index (χ1n) is 6.86. The number of hydrogen-bond donors (Lipinski definition) is 0. The van der Waals surface area contributed by atoms with Gasteiger partial charge in [0.1, 0.15) is 5.78 Å². The standard InChI is InChI=1S/C16H24O3/c1-4-5-6-14-11-13(7-9-18-2)12-15(16(14)17)8-10-19-3/h7-10,12,14-15H,4-6,11H2,1-3H3/b9-7+,10-8+. The Morgan fingerprint density at radius 2 is 2.05 bits per heavy atom. The molecule has 0 saturated carbocycles. The molecule has 1 aliphatic carbocycles. The number of rotatable bonds is 7. The van der Waals surface area contributed by atoms with Crippen LogP contribution in [0.1, 0.15) is 32.6 Å². The van der Waals surface area contributed by atoms with Crippen LogP contribution in [0.25, 0.3) is 0 Å². The van der Waals surface area contributed by atoms with Crippen molar-refractivity contribution in [3.05, 3.63) is 36.3 Å². The van der Waals surface area contributed by atoms with Gasteiger partial charge in [-0.25, -0.2) is 0 Å². The highest BCUT2D eigenvalue weighted by molar-refractivity contribution is 5.88. The van der Waals surface area contributed by atoms with Crippen LogP contribution in [0, 0.1) is 11.8 Å². The smallest absolute Gasteiger partial charge is 0.147 e. The molecule has 106 valence electrons. The molecule has 2 atom stereocenters. The molecule has 0 fully saturated rings. The normalized spacial score (nSPS) is 23.9. The summed E-state index contributed by atoms with van der Waals surface area (Å²) in [4.78, 5) is 12.3. The predicted molar refractivity (Wildman–Crippen MR) is 76.5 cm³/mol. The lowest BCUT2D eigenvalue weighted by atomic mass is 9.78. The van der Waals surface area contributed by atoms with Gasteiger partial charge >= 0.3 is 0 Å². The zero-order valence-electron chi connectivity index (χ0n) is 12.1. The first-order chi connectivity index (χ1) is 9.22. The van der Waals surface area contributed by atoms with Crippen molar-refractivity contribution in [1.82, 2.24) is 0 Å². The summed E-state index contributed by atoms with van der Waals surface area (Å²) < 4.78 is 9.88. The van der Waals surface area contributed by atoms with Gasteiger partial charge in [-0.3, -0.25) is 4.79 Å². The third kappa shape index (κ3) is 4.93. The molecule has 0 aliphatic heterocycles. The third-order valence-corrected chi connectivity index (χ3v) is 3.35. The maximum atomic E-state index is 12.3. The van der Waals surface area contributed by atoms with Gasteiger partial charge in [0, 0.05) is 5.92 Å². The summed E-state index contributed by atoms with van der Waals surface area (Å²) in [6, 6.07) is 0. The van der Waals surface area contributed by atoms with Crippen LogP contribution in [0.3, 0.4) is 0 Å². The third-order valence-electron chi connectivity index (χ3n) is 3.35. The second kappa shape index (κ2) is 8.57. The van der Waals surface area contributed by atoms with E-state index < -0.39 is 0 Å². The Hall–Kier alpha value is -1.51. The zero-order chi connectivity index (χ0) is 14.1. The molecule has 3 heteroatoms. The summed E-state index contributed by atoms with van der Waals surface area (Å²) in [5, 5.41) is 0. The van der Waals surface area contributed by atoms with Crippen molar-refractivity contribution >= 4 is 5.78 Å². The maximum Gasteiger partial charge on any atom is 0.147 e. The van der Waals surface area contributed by atoms with Crippen molar-refractivity contribution in [3.63, 3.8) is 0 Å². The first kappa shape index (κ1) is 15.5. The Morgan fingerprint density at radius 1 is 1.32 bits per heavy atom. The molecule has 0 amide bonds. The first-order valence-corrected chi connectivity index (χ1v) is 6.86. The van der Waals surface area contributed by atoms with Crippen LogP contribution in [0.4, 0.5) is 0 Å². The number of carbonyl (C=O) groups excluding carboxylic acids is 1. The topological polar surface area (TPSA) is 35.5 Å². The van der Waals surface area contributed by atoms with Crippen LogP contribution < -0.4 is 0 Å². The number of methoxy groups -OCH3 is 2. The van der Waals surface area contributed by atoms with Crippen molar-refractivity contribution < 1.29 is 14.3 Å². The van der Waals surface area contributed by atoms with E-state index in [0.29, 0.717) is 5.78 Å². The summed E-state index contributed by atoms with van der Waals surface area (Å²) in [6.45, 7) is 2.15. The molecule has 3 nitrogen and oxygen atoms in total. The minimum atomic E-state index is -0.174. The van der Waals surface area contributed by atoms with Gasteiger partial charge in [0.05, 0.1) is 32.7 Å². The molecular formula is C16H24O3. The van der Waals surface area contributed by atoms with E-state index in [1.807, 2.05) is 18.2 Å². The monoisotopic (exact) mass is 264 g/mol. The average Bonchev–Trinajstić information content (AvgIpc) is 2.43. The number of hydrogen-bond acceptors (Lipinski definition) is 3. The van der Waals surface area contributed by atoms with Crippen LogP contribution >= 0.6 is 0 Å². The number of Topliss-reactive ketones (excluding diaryl/α,β-unsaturated/α-hetero) is 1. The van der Waals surface area contributed by atoms with Crippen molar-refractivity contribution in [1.29, 1.82) is 0 Å². The highest BCUT2D eigenvalue weighted by atomic mass is 16.5. The van der Waals surface area contributed by atoms with Gasteiger partial charge in [0.2, 0.25) is 0 Å². The quantitative estimate of drug-likeness (QED) is 0.659. The highest BCUT2D eigenvalue weighted by Gasteiger charge is 2.28. The zero-order valence-corrected chi connectivity index (χ0v) is 12.1. The van der Waals surface area contributed by atoms with E-state index in [1.54, 1.807) is 26.7 Å². The van der Waals surface area contributed by atoms with Gasteiger partial charge < -0.3 is 9.47 Å². The molecule has 0 spiro atoms. The molecule has 1 aliphatic rings. The molecule has 0 aromatic rings. The van der Waals surface area contributed by atoms with Crippen LogP contribution in [0.15, 0.2) is 36.3 Å². The summed E-state index contributed by atoms with van der Waals surface area (Å²) in [5.74, 6) is 0.247. The fourth-order valence-electron chi connectivity index (χ4n) is 2.33. The van der Waals surface area contributed by atoms with Gasteiger partial charge in [0.25, 0.3) is 0 Å². The molecule has 0 aromatic carbocycles. The van der Waals surface area contributed by atoms with E-state index in [4.69, 9.17) is 9.47 Å². The van der Waals surface area contributed by atoms with E-state index in [9.17, 15) is 4.79 Å². The fourth-order valence-corrected chi connectivity index (χ4v) is 2.33. The summed E-state index contributed by atoms with van der Waals surface area (Å²) in [6.07, 6.45) is 13.0. The lowest BCUT2D eigenvalue weighted by molar-refractivity contribution is -0.125. The number of unbranched alkanes of at least 4 members (excludes halogenated alkanes) is 1. The second-order valence-corrected chi connectivity index (χ2v) is 4.82. The molecule has 2 unspecified atom stereocenters. The Kier molecular flexibility index (Phi) is 7.01. The molecule has 1 rings (SSSR count). The summed E-state index contributed by atoms with van der Waals surface area (Å²) >= 11 is 0. The van der Waals surface area contributed by atoms with E-state index in [0.717, 1.165) is 31.3 Å². The van der Waals surface area contributed by atoms with Crippen molar-refractivity contribution in [2.24, 2.45) is 11.8 Å². The van der Waals surface area contributed by atoms with E-state index >= 15 is 0 Å². The molecule has 0 bridgehead atoms. The van der Waals surface area contributed by atoms with E-state index in [1.165, 1.54) is 0 Å². The van der Waals surface area contributed by atoms with E-state index in [-0.39, 0.29) is 11.8 Å². The SMILES string of the molecule is CCCCC1CC(/C=C/OC)=CC(/C=C/OC)C1=O. The second-order valence-electron chi connectivity index (χ2n) is 4.82. The van der Waals surface area contributed by atoms with Gasteiger partial charge in [-0.2, -0.15) is 0 Å². The summed E-state index contributed by atoms with van der Waals surface area (Å²) in [7, 11) is 3.22. The lowest BCUT2D eigenvalue weighted by Crippen LogP contribution is -2.26. The van der Waals surface area contributed by atoms with Gasteiger partial charge in [-0.1, -0.05) is 25.8 Å². The minimum Gasteiger partial charge on any atom is -0.505 e. The predicted octanol–water partition coefficient (Wildman–Crippen LogP) is 3.63. The van der Waals surface area contributed by atoms with Crippen molar-refractivity contribution in [3.8, 4) is 0 Å². The van der Waals surface area contributed by atoms with Crippen LogP contribution in [0.5, 0.6) is 0 Å². The average molecular weight is 264 g/mol. The maximum absolute atomic E-state index is 12.3. The molecule has 0 radical (unpaired) electrons. The minimum absolute atomic E-state index is 0.118. The number of carbonyl (C=O) groups is 1. The van der Waals surface area contributed by atoms with Crippen LogP contribution in [-0.2, 0) is 14.3 Å². The molecule has 0 saturated heterocycles. The Morgan fingerprint density at radius 3 is 2.68 bits per heavy atom. The van der Waals surface area contributed by atoms with Gasteiger partial charge in [-0.15, -0.1) is 0 Å². The largest absolute Gasteiger partial charge is 0.505 e. The van der Waals surface area contributed by atoms with Crippen LogP contribution in [-0.4, -0.2) is 20.0 Å². The molecule has 19 heavy (non-hydrogen) atoms. The Labute approximate surface area is 116 Å². The Balaban J connectivity index is 2.84. The molecular weight excluding hydrogens is 240 g/mol. The van der Waals surface area contributed by atoms with Gasteiger partial charge in [-0.05, 0) is 30.6 Å². The van der Waals surface area contributed by atoms with Crippen molar-refractivity contribution in [2.45, 2.75) is 32.6 Å². The lowest BCUT2D eigenvalue weighted by Gasteiger charge is -2.24. The fraction of sp³-hybridized carbons (Fsp3) is 0.562. The van der Waals surface area contributed by atoms with Crippen molar-refractivity contribution in [2.75, 3.05) is 14.2 Å². The number of allylic oxidation sites excluding steroid dienone is 4. The molecule has 0 N–H and O–H groups in total. The Bertz CT molecular complexity index is 366. The number of ketones is 1. The highest BCUT2D eigenvalue weighted by Crippen LogP contribution is 2.30. The molecule has 0 aromatic heterocycles.